The summed E-state index contributed by atoms with van der Waals surface area (Å²) in [5.41, 5.74) is 1.19. The molecule has 3 nitrogen and oxygen atoms in total. The zero-order valence-electron chi connectivity index (χ0n) is 9.93. The zero-order chi connectivity index (χ0) is 11.2. The second-order valence-corrected chi connectivity index (χ2v) is 4.48. The van der Waals surface area contributed by atoms with Crippen molar-refractivity contribution in [2.24, 2.45) is 5.92 Å². The molecule has 1 aromatic heterocycles. The number of aromatic nitrogens is 1. The number of pyridine rings is 1. The Kier molecular flexibility index (Phi) is 4.31. The third-order valence-corrected chi connectivity index (χ3v) is 3.18. The molecule has 2 heterocycles. The summed E-state index contributed by atoms with van der Waals surface area (Å²) in [6.45, 7) is 4.42. The van der Waals surface area contributed by atoms with Crippen LogP contribution in [0.2, 0.25) is 0 Å². The summed E-state index contributed by atoms with van der Waals surface area (Å²) in [4.78, 5) is 6.86. The van der Waals surface area contributed by atoms with E-state index in [2.05, 4.69) is 22.0 Å². The molecule has 3 heteroatoms. The van der Waals surface area contributed by atoms with Crippen molar-refractivity contribution in [1.29, 1.82) is 0 Å². The number of likely N-dealkylation sites (tertiary alicyclic amines) is 1. The second kappa shape index (κ2) is 5.97. The topological polar surface area (TPSA) is 25.4 Å². The quantitative estimate of drug-likeness (QED) is 0.753. The molecule has 0 spiro atoms. The van der Waals surface area contributed by atoms with E-state index < -0.39 is 0 Å². The molecule has 88 valence electrons. The standard InChI is InChI=1S/C13H20N2O/c1-16-11-12-5-8-15(10-12)9-6-13-4-2-3-7-14-13/h2-4,7,12H,5-6,8-11H2,1H3/t12-/m1/s1. The van der Waals surface area contributed by atoms with Crippen LogP contribution in [0, 0.1) is 5.92 Å². The second-order valence-electron chi connectivity index (χ2n) is 4.48. The van der Waals surface area contributed by atoms with Gasteiger partial charge in [-0.1, -0.05) is 6.07 Å². The van der Waals surface area contributed by atoms with Crippen molar-refractivity contribution in [1.82, 2.24) is 9.88 Å². The highest BCUT2D eigenvalue weighted by Gasteiger charge is 2.21. The summed E-state index contributed by atoms with van der Waals surface area (Å²) in [6.07, 6.45) is 4.20. The first-order chi connectivity index (χ1) is 7.88. The molecular weight excluding hydrogens is 200 g/mol. The van der Waals surface area contributed by atoms with Gasteiger partial charge in [-0.15, -0.1) is 0 Å². The van der Waals surface area contributed by atoms with E-state index in [1.165, 1.54) is 25.2 Å². The van der Waals surface area contributed by atoms with Crippen LogP contribution in [0.15, 0.2) is 24.4 Å². The molecule has 0 N–H and O–H groups in total. The van der Waals surface area contributed by atoms with Crippen molar-refractivity contribution in [3.8, 4) is 0 Å². The molecule has 0 radical (unpaired) electrons. The molecule has 1 atom stereocenters. The van der Waals surface area contributed by atoms with Crippen molar-refractivity contribution in [3.63, 3.8) is 0 Å². The Hall–Kier alpha value is -0.930. The Morgan fingerprint density at radius 2 is 2.44 bits per heavy atom. The smallest absolute Gasteiger partial charge is 0.0503 e. The van der Waals surface area contributed by atoms with Crippen LogP contribution >= 0.6 is 0 Å². The van der Waals surface area contributed by atoms with Gasteiger partial charge in [0.25, 0.3) is 0 Å². The fourth-order valence-corrected chi connectivity index (χ4v) is 2.31. The lowest BCUT2D eigenvalue weighted by Crippen LogP contribution is -2.24. The number of rotatable bonds is 5. The zero-order valence-corrected chi connectivity index (χ0v) is 9.93. The van der Waals surface area contributed by atoms with Gasteiger partial charge in [0.15, 0.2) is 0 Å². The fraction of sp³-hybridized carbons (Fsp3) is 0.615. The fourth-order valence-electron chi connectivity index (χ4n) is 2.31. The minimum atomic E-state index is 0.730. The first-order valence-electron chi connectivity index (χ1n) is 5.99. The van der Waals surface area contributed by atoms with Crippen molar-refractivity contribution in [2.45, 2.75) is 12.8 Å². The number of hydrogen-bond donors (Lipinski definition) is 0. The lowest BCUT2D eigenvalue weighted by molar-refractivity contribution is 0.153. The molecule has 0 amide bonds. The van der Waals surface area contributed by atoms with Crippen molar-refractivity contribution in [3.05, 3.63) is 30.1 Å². The molecule has 0 bridgehead atoms. The highest BCUT2D eigenvalue weighted by Crippen LogP contribution is 2.16. The van der Waals surface area contributed by atoms with Crippen molar-refractivity contribution >= 4 is 0 Å². The van der Waals surface area contributed by atoms with Crippen LogP contribution in [0.1, 0.15) is 12.1 Å². The summed E-state index contributed by atoms with van der Waals surface area (Å²) < 4.78 is 5.20. The summed E-state index contributed by atoms with van der Waals surface area (Å²) in [5.74, 6) is 0.730. The molecule has 1 saturated heterocycles. The van der Waals surface area contributed by atoms with E-state index in [4.69, 9.17) is 4.74 Å². The van der Waals surface area contributed by atoms with Gasteiger partial charge in [-0.2, -0.15) is 0 Å². The Balaban J connectivity index is 1.72. The first kappa shape index (κ1) is 11.6. The lowest BCUT2D eigenvalue weighted by atomic mass is 10.1. The van der Waals surface area contributed by atoms with Gasteiger partial charge in [0, 0.05) is 38.5 Å². The van der Waals surface area contributed by atoms with Gasteiger partial charge in [0.1, 0.15) is 0 Å². The maximum absolute atomic E-state index is 5.20. The summed E-state index contributed by atoms with van der Waals surface area (Å²) in [5, 5.41) is 0. The Bertz CT molecular complexity index is 302. The van der Waals surface area contributed by atoms with E-state index in [1.807, 2.05) is 12.3 Å². The maximum Gasteiger partial charge on any atom is 0.0503 e. The molecule has 16 heavy (non-hydrogen) atoms. The van der Waals surface area contributed by atoms with Crippen molar-refractivity contribution < 1.29 is 4.74 Å². The number of methoxy groups -OCH3 is 1. The monoisotopic (exact) mass is 220 g/mol. The maximum atomic E-state index is 5.20. The minimum Gasteiger partial charge on any atom is -0.384 e. The molecular formula is C13H20N2O. The largest absolute Gasteiger partial charge is 0.384 e. The minimum absolute atomic E-state index is 0.730. The van der Waals surface area contributed by atoms with Crippen LogP contribution in [0.5, 0.6) is 0 Å². The summed E-state index contributed by atoms with van der Waals surface area (Å²) in [7, 11) is 1.79. The Morgan fingerprint density at radius 1 is 1.50 bits per heavy atom. The van der Waals surface area contributed by atoms with E-state index >= 15 is 0 Å². The SMILES string of the molecule is COC[C@@H]1CCN(CCc2ccccn2)C1. The van der Waals surface area contributed by atoms with E-state index in [9.17, 15) is 0 Å². The Morgan fingerprint density at radius 3 is 3.19 bits per heavy atom. The average Bonchev–Trinajstić information content (AvgIpc) is 2.76. The van der Waals surface area contributed by atoms with Gasteiger partial charge in [-0.05, 0) is 31.0 Å². The molecule has 1 aromatic rings. The van der Waals surface area contributed by atoms with Crippen LogP contribution < -0.4 is 0 Å². The first-order valence-corrected chi connectivity index (χ1v) is 5.99. The van der Waals surface area contributed by atoms with Crippen LogP contribution in [0.25, 0.3) is 0 Å². The molecule has 1 fully saturated rings. The third-order valence-electron chi connectivity index (χ3n) is 3.18. The van der Waals surface area contributed by atoms with Crippen LogP contribution in [-0.2, 0) is 11.2 Å². The third kappa shape index (κ3) is 3.29. The van der Waals surface area contributed by atoms with E-state index in [-0.39, 0.29) is 0 Å². The highest BCUT2D eigenvalue weighted by molar-refractivity contribution is 5.03. The summed E-state index contributed by atoms with van der Waals surface area (Å²) in [6, 6.07) is 6.12. The molecule has 0 aliphatic carbocycles. The molecule has 0 unspecified atom stereocenters. The van der Waals surface area contributed by atoms with Crippen LogP contribution in [-0.4, -0.2) is 43.2 Å². The van der Waals surface area contributed by atoms with E-state index in [1.54, 1.807) is 7.11 Å². The van der Waals surface area contributed by atoms with Crippen molar-refractivity contribution in [2.75, 3.05) is 33.4 Å². The van der Waals surface area contributed by atoms with Crippen LogP contribution in [0.3, 0.4) is 0 Å². The molecule has 2 rings (SSSR count). The van der Waals surface area contributed by atoms with Gasteiger partial charge < -0.3 is 9.64 Å². The van der Waals surface area contributed by atoms with Gasteiger partial charge in [0.05, 0.1) is 6.61 Å². The number of ether oxygens (including phenoxy) is 1. The highest BCUT2D eigenvalue weighted by atomic mass is 16.5. The lowest BCUT2D eigenvalue weighted by Gasteiger charge is -2.15. The predicted octanol–water partition coefficient (Wildman–Crippen LogP) is 1.59. The Labute approximate surface area is 97.4 Å². The van der Waals surface area contributed by atoms with Gasteiger partial charge in [0.2, 0.25) is 0 Å². The molecule has 1 aliphatic heterocycles. The van der Waals surface area contributed by atoms with E-state index in [0.717, 1.165) is 25.5 Å². The van der Waals surface area contributed by atoms with Gasteiger partial charge >= 0.3 is 0 Å². The molecule has 0 saturated carbocycles. The van der Waals surface area contributed by atoms with Crippen LogP contribution in [0.4, 0.5) is 0 Å². The number of nitrogens with zero attached hydrogens (tertiary/aromatic N) is 2. The normalized spacial score (nSPS) is 21.4. The predicted molar refractivity (Wildman–Crippen MR) is 64.4 cm³/mol. The number of hydrogen-bond acceptors (Lipinski definition) is 3. The average molecular weight is 220 g/mol. The van der Waals surface area contributed by atoms with Gasteiger partial charge in [-0.25, -0.2) is 0 Å². The van der Waals surface area contributed by atoms with Gasteiger partial charge in [-0.3, -0.25) is 4.98 Å². The summed E-state index contributed by atoms with van der Waals surface area (Å²) >= 11 is 0. The molecule has 0 aromatic carbocycles. The van der Waals surface area contributed by atoms with E-state index in [0.29, 0.717) is 0 Å². The molecule has 1 aliphatic rings.